The molecular formula is C19H27ClN4O3. The highest BCUT2D eigenvalue weighted by Crippen LogP contribution is 2.24. The van der Waals surface area contributed by atoms with Crippen molar-refractivity contribution in [3.05, 3.63) is 35.4 Å². The highest BCUT2D eigenvalue weighted by atomic mass is 35.5. The predicted octanol–water partition coefficient (Wildman–Crippen LogP) is 1.47. The minimum atomic E-state index is -0.962. The van der Waals surface area contributed by atoms with Crippen LogP contribution in [0.2, 0.25) is 0 Å². The third-order valence-corrected chi connectivity index (χ3v) is 5.07. The van der Waals surface area contributed by atoms with Crippen molar-refractivity contribution < 1.29 is 14.4 Å². The summed E-state index contributed by atoms with van der Waals surface area (Å²) in [4.78, 5) is 40.1. The number of piperazine rings is 1. The van der Waals surface area contributed by atoms with Gasteiger partial charge in [0.2, 0.25) is 5.91 Å². The van der Waals surface area contributed by atoms with Gasteiger partial charge in [-0.1, -0.05) is 31.2 Å². The number of urea groups is 1. The van der Waals surface area contributed by atoms with Crippen LogP contribution in [0, 0.1) is 0 Å². The summed E-state index contributed by atoms with van der Waals surface area (Å²) in [6.45, 7) is 7.06. The molecule has 4 amide bonds. The number of amides is 4. The normalized spacial score (nSPS) is 21.7. The molecule has 27 heavy (non-hydrogen) atoms. The lowest BCUT2D eigenvalue weighted by Gasteiger charge is -2.37. The number of benzene rings is 1. The maximum atomic E-state index is 12.9. The van der Waals surface area contributed by atoms with Gasteiger partial charge < -0.3 is 15.5 Å². The van der Waals surface area contributed by atoms with Crippen LogP contribution in [0.3, 0.4) is 0 Å². The Hall–Kier alpha value is -2.12. The first-order chi connectivity index (χ1) is 12.3. The third-order valence-electron chi connectivity index (χ3n) is 5.07. The second-order valence-electron chi connectivity index (χ2n) is 7.35. The van der Waals surface area contributed by atoms with Crippen LogP contribution in [0.15, 0.2) is 24.3 Å². The Labute approximate surface area is 165 Å². The Balaban J connectivity index is 0.00000261. The predicted molar refractivity (Wildman–Crippen MR) is 105 cm³/mol. The first-order valence-corrected chi connectivity index (χ1v) is 9.06. The van der Waals surface area contributed by atoms with E-state index in [9.17, 15) is 14.4 Å². The Kier molecular flexibility index (Phi) is 6.49. The van der Waals surface area contributed by atoms with Gasteiger partial charge >= 0.3 is 6.03 Å². The van der Waals surface area contributed by atoms with Crippen molar-refractivity contribution >= 4 is 30.3 Å². The van der Waals surface area contributed by atoms with Crippen LogP contribution in [0.1, 0.15) is 37.9 Å². The van der Waals surface area contributed by atoms with Gasteiger partial charge in [-0.25, -0.2) is 4.79 Å². The average Bonchev–Trinajstić information content (AvgIpc) is 2.83. The van der Waals surface area contributed by atoms with E-state index < -0.39 is 11.6 Å². The summed E-state index contributed by atoms with van der Waals surface area (Å²) >= 11 is 0. The lowest BCUT2D eigenvalue weighted by atomic mass is 10.0. The standard InChI is InChI=1S/C19H26N4O3.ClH/c1-4-13-5-7-14(8-6-13)15-11-20-9-10-22(15)16(24)12-23-17(25)19(2,3)21-18(23)26;/h5-8,15,20H,4,9-12H2,1-3H3,(H,21,26);1H. The minimum Gasteiger partial charge on any atom is -0.332 e. The van der Waals surface area contributed by atoms with Crippen molar-refractivity contribution in [2.45, 2.75) is 38.8 Å². The zero-order chi connectivity index (χ0) is 18.9. The topological polar surface area (TPSA) is 81.8 Å². The zero-order valence-electron chi connectivity index (χ0n) is 15.9. The third kappa shape index (κ3) is 4.25. The van der Waals surface area contributed by atoms with Gasteiger partial charge in [0, 0.05) is 19.6 Å². The van der Waals surface area contributed by atoms with Crippen LogP contribution < -0.4 is 10.6 Å². The maximum Gasteiger partial charge on any atom is 0.325 e. The number of carbonyl (C=O) groups excluding carboxylic acids is 3. The van der Waals surface area contributed by atoms with E-state index in [1.807, 2.05) is 12.1 Å². The van der Waals surface area contributed by atoms with Crippen LogP contribution in [0.5, 0.6) is 0 Å². The SMILES string of the molecule is CCc1ccc(C2CNCCN2C(=O)CN2C(=O)NC(C)(C)C2=O)cc1.Cl. The zero-order valence-corrected chi connectivity index (χ0v) is 16.8. The summed E-state index contributed by atoms with van der Waals surface area (Å²) in [7, 11) is 0. The van der Waals surface area contributed by atoms with Crippen molar-refractivity contribution in [3.63, 3.8) is 0 Å². The molecule has 0 radical (unpaired) electrons. The first-order valence-electron chi connectivity index (χ1n) is 9.06. The number of imide groups is 1. The van der Waals surface area contributed by atoms with Crippen LogP contribution in [0.25, 0.3) is 0 Å². The van der Waals surface area contributed by atoms with Crippen LogP contribution in [-0.4, -0.2) is 59.4 Å². The molecule has 2 aliphatic heterocycles. The second-order valence-corrected chi connectivity index (χ2v) is 7.35. The van der Waals surface area contributed by atoms with Crippen LogP contribution in [0.4, 0.5) is 4.79 Å². The molecule has 8 heteroatoms. The number of hydrogen-bond donors (Lipinski definition) is 2. The molecular weight excluding hydrogens is 368 g/mol. The van der Waals surface area contributed by atoms with Crippen LogP contribution in [-0.2, 0) is 16.0 Å². The quantitative estimate of drug-likeness (QED) is 0.758. The number of aryl methyl sites for hydroxylation is 1. The summed E-state index contributed by atoms with van der Waals surface area (Å²) < 4.78 is 0. The number of nitrogens with zero attached hydrogens (tertiary/aromatic N) is 2. The average molecular weight is 395 g/mol. The lowest BCUT2D eigenvalue weighted by Crippen LogP contribution is -2.52. The van der Waals surface area contributed by atoms with Gasteiger partial charge in [-0.3, -0.25) is 14.5 Å². The molecule has 2 heterocycles. The molecule has 0 bridgehead atoms. The molecule has 1 aromatic rings. The van der Waals surface area contributed by atoms with Crippen LogP contribution >= 0.6 is 12.4 Å². The summed E-state index contributed by atoms with van der Waals surface area (Å²) in [6.07, 6.45) is 0.966. The maximum absolute atomic E-state index is 12.9. The molecule has 0 aliphatic carbocycles. The van der Waals surface area contributed by atoms with Crippen molar-refractivity contribution in [2.24, 2.45) is 0 Å². The number of nitrogens with one attached hydrogen (secondary N) is 2. The molecule has 1 aromatic carbocycles. The molecule has 3 rings (SSSR count). The van der Waals surface area contributed by atoms with Crippen molar-refractivity contribution in [1.29, 1.82) is 0 Å². The molecule has 0 saturated carbocycles. The van der Waals surface area contributed by atoms with Crippen molar-refractivity contribution in [2.75, 3.05) is 26.2 Å². The molecule has 148 valence electrons. The Morgan fingerprint density at radius 1 is 1.22 bits per heavy atom. The Morgan fingerprint density at radius 3 is 2.44 bits per heavy atom. The highest BCUT2D eigenvalue weighted by Gasteiger charge is 2.45. The van der Waals surface area contributed by atoms with Gasteiger partial charge in [-0.2, -0.15) is 0 Å². The molecule has 2 saturated heterocycles. The Bertz CT molecular complexity index is 720. The smallest absolute Gasteiger partial charge is 0.325 e. The molecule has 0 spiro atoms. The Morgan fingerprint density at radius 2 is 1.89 bits per heavy atom. The van der Waals surface area contributed by atoms with Gasteiger partial charge in [0.15, 0.2) is 0 Å². The van der Waals surface area contributed by atoms with Gasteiger partial charge in [0.25, 0.3) is 5.91 Å². The van der Waals surface area contributed by atoms with E-state index in [0.717, 1.165) is 16.9 Å². The number of hydrogen-bond acceptors (Lipinski definition) is 4. The van der Waals surface area contributed by atoms with Crippen molar-refractivity contribution in [3.8, 4) is 0 Å². The van der Waals surface area contributed by atoms with Gasteiger partial charge in [-0.15, -0.1) is 12.4 Å². The summed E-state index contributed by atoms with van der Waals surface area (Å²) in [5.41, 5.74) is 1.34. The summed E-state index contributed by atoms with van der Waals surface area (Å²) in [5, 5.41) is 5.93. The van der Waals surface area contributed by atoms with E-state index in [1.165, 1.54) is 5.56 Å². The number of halogens is 1. The van der Waals surface area contributed by atoms with E-state index >= 15 is 0 Å². The van der Waals surface area contributed by atoms with Gasteiger partial charge in [0.1, 0.15) is 12.1 Å². The molecule has 1 atom stereocenters. The number of carbonyl (C=O) groups is 3. The fraction of sp³-hybridized carbons (Fsp3) is 0.526. The summed E-state index contributed by atoms with van der Waals surface area (Å²) in [5.74, 6) is -0.577. The molecule has 2 fully saturated rings. The fourth-order valence-electron chi connectivity index (χ4n) is 3.46. The van der Waals surface area contributed by atoms with E-state index in [4.69, 9.17) is 0 Å². The van der Waals surface area contributed by atoms with E-state index in [1.54, 1.807) is 18.7 Å². The second kappa shape index (κ2) is 8.27. The molecule has 2 N–H and O–H groups in total. The minimum absolute atomic E-state index is 0. The van der Waals surface area contributed by atoms with Crippen molar-refractivity contribution in [1.82, 2.24) is 20.4 Å². The lowest BCUT2D eigenvalue weighted by molar-refractivity contribution is -0.140. The number of rotatable bonds is 4. The molecule has 1 unspecified atom stereocenters. The highest BCUT2D eigenvalue weighted by molar-refractivity contribution is 6.08. The first kappa shape index (κ1) is 21.2. The molecule has 0 aromatic heterocycles. The van der Waals surface area contributed by atoms with Gasteiger partial charge in [-0.05, 0) is 31.4 Å². The fourth-order valence-corrected chi connectivity index (χ4v) is 3.46. The molecule has 7 nitrogen and oxygen atoms in total. The van der Waals surface area contributed by atoms with E-state index in [2.05, 4.69) is 29.7 Å². The molecule has 2 aliphatic rings. The largest absolute Gasteiger partial charge is 0.332 e. The van der Waals surface area contributed by atoms with Gasteiger partial charge in [0.05, 0.1) is 6.04 Å². The summed E-state index contributed by atoms with van der Waals surface area (Å²) in [6, 6.07) is 7.64. The monoisotopic (exact) mass is 394 g/mol. The van der Waals surface area contributed by atoms with E-state index in [0.29, 0.717) is 19.6 Å². The van der Waals surface area contributed by atoms with E-state index in [-0.39, 0.29) is 36.8 Å².